The molecule has 0 atom stereocenters. The van der Waals surface area contributed by atoms with Gasteiger partial charge in [-0.1, -0.05) is 36.4 Å². The number of unbranched alkanes of at least 4 members (excludes halogenated alkanes) is 1. The van der Waals surface area contributed by atoms with Gasteiger partial charge in [-0.2, -0.15) is 13.2 Å². The van der Waals surface area contributed by atoms with Gasteiger partial charge in [0.2, 0.25) is 5.91 Å². The average Bonchev–Trinajstić information content (AvgIpc) is 2.80. The van der Waals surface area contributed by atoms with Crippen LogP contribution in [0.3, 0.4) is 0 Å². The maximum absolute atomic E-state index is 12.6. The van der Waals surface area contributed by atoms with Gasteiger partial charge < -0.3 is 10.6 Å². The number of ketones is 1. The fraction of sp³-hybridized carbons (Fsp3) is 0.462. The Morgan fingerprint density at radius 1 is 0.970 bits per heavy atom. The number of amides is 1. The lowest BCUT2D eigenvalue weighted by atomic mass is 9.88. The predicted octanol–water partition coefficient (Wildman–Crippen LogP) is 5.36. The van der Waals surface area contributed by atoms with Crippen LogP contribution in [0.4, 0.5) is 13.2 Å². The first-order valence-corrected chi connectivity index (χ1v) is 11.5. The van der Waals surface area contributed by atoms with E-state index in [2.05, 4.69) is 17.0 Å². The van der Waals surface area contributed by atoms with Crippen molar-refractivity contribution in [3.8, 4) is 0 Å². The van der Waals surface area contributed by atoms with E-state index in [0.29, 0.717) is 30.7 Å². The van der Waals surface area contributed by atoms with Gasteiger partial charge in [0.1, 0.15) is 0 Å². The molecule has 33 heavy (non-hydrogen) atoms. The first-order valence-electron chi connectivity index (χ1n) is 11.5. The summed E-state index contributed by atoms with van der Waals surface area (Å²) in [5, 5.41) is 0. The maximum atomic E-state index is 12.6. The summed E-state index contributed by atoms with van der Waals surface area (Å²) < 4.78 is 37.9. The number of Topliss-reactive ketones (excluding diaryl/α,β-unsaturated/α-hetero) is 1. The van der Waals surface area contributed by atoms with E-state index in [4.69, 9.17) is 5.73 Å². The molecule has 3 rings (SSSR count). The van der Waals surface area contributed by atoms with Gasteiger partial charge in [0.05, 0.1) is 5.56 Å². The standard InChI is InChI=1S/C26H31F3N2O2/c27-26(28,29)23-10-8-21(9-11-23)24(32)6-1-2-15-31-16-13-20(14-17-31)22-5-3-4-19(18-22)7-12-25(30)33/h3-5,8-11,18,20H,1-2,6-7,12-17H2,(H2,30,33). The summed E-state index contributed by atoms with van der Waals surface area (Å²) in [6.07, 6.45) is 0.758. The van der Waals surface area contributed by atoms with Crippen molar-refractivity contribution in [2.24, 2.45) is 5.73 Å². The zero-order valence-electron chi connectivity index (χ0n) is 18.7. The normalized spacial score (nSPS) is 15.5. The van der Waals surface area contributed by atoms with E-state index in [1.807, 2.05) is 12.1 Å². The molecule has 0 bridgehead atoms. The number of alkyl halides is 3. The summed E-state index contributed by atoms with van der Waals surface area (Å²) in [6.45, 7) is 2.93. The van der Waals surface area contributed by atoms with E-state index in [1.54, 1.807) is 0 Å². The van der Waals surface area contributed by atoms with E-state index in [1.165, 1.54) is 17.7 Å². The number of hydrogen-bond acceptors (Lipinski definition) is 3. The molecule has 0 radical (unpaired) electrons. The minimum absolute atomic E-state index is 0.112. The Bertz CT molecular complexity index is 933. The van der Waals surface area contributed by atoms with Gasteiger partial charge in [0, 0.05) is 18.4 Å². The highest BCUT2D eigenvalue weighted by molar-refractivity contribution is 5.96. The molecule has 2 N–H and O–H groups in total. The van der Waals surface area contributed by atoms with Crippen LogP contribution in [0, 0.1) is 0 Å². The van der Waals surface area contributed by atoms with Crippen LogP contribution in [0.5, 0.6) is 0 Å². The smallest absolute Gasteiger partial charge is 0.370 e. The highest BCUT2D eigenvalue weighted by Gasteiger charge is 2.30. The first-order chi connectivity index (χ1) is 15.7. The molecule has 1 saturated heterocycles. The molecule has 0 aromatic heterocycles. The average molecular weight is 461 g/mol. The van der Waals surface area contributed by atoms with Crippen molar-refractivity contribution in [3.05, 3.63) is 70.8 Å². The van der Waals surface area contributed by atoms with Crippen molar-refractivity contribution in [1.29, 1.82) is 0 Å². The van der Waals surface area contributed by atoms with E-state index in [0.717, 1.165) is 63.0 Å². The van der Waals surface area contributed by atoms with Crippen LogP contribution in [0.15, 0.2) is 48.5 Å². The summed E-state index contributed by atoms with van der Waals surface area (Å²) in [4.78, 5) is 25.7. The molecule has 0 aliphatic carbocycles. The Labute approximate surface area is 193 Å². The van der Waals surface area contributed by atoms with Crippen molar-refractivity contribution >= 4 is 11.7 Å². The first kappa shape index (κ1) is 25.0. The van der Waals surface area contributed by atoms with E-state index < -0.39 is 11.7 Å². The summed E-state index contributed by atoms with van der Waals surface area (Å²) in [5.41, 5.74) is 7.31. The zero-order valence-corrected chi connectivity index (χ0v) is 18.7. The third kappa shape index (κ3) is 7.70. The Morgan fingerprint density at radius 2 is 1.67 bits per heavy atom. The predicted molar refractivity (Wildman–Crippen MR) is 122 cm³/mol. The highest BCUT2D eigenvalue weighted by atomic mass is 19.4. The van der Waals surface area contributed by atoms with Crippen LogP contribution in [0.2, 0.25) is 0 Å². The van der Waals surface area contributed by atoms with Gasteiger partial charge in [-0.25, -0.2) is 0 Å². The van der Waals surface area contributed by atoms with Crippen molar-refractivity contribution in [1.82, 2.24) is 4.90 Å². The van der Waals surface area contributed by atoms with Crippen molar-refractivity contribution in [2.45, 2.75) is 57.0 Å². The van der Waals surface area contributed by atoms with Crippen molar-refractivity contribution in [2.75, 3.05) is 19.6 Å². The molecule has 1 heterocycles. The molecule has 1 amide bonds. The number of likely N-dealkylation sites (tertiary alicyclic amines) is 1. The zero-order chi connectivity index (χ0) is 23.8. The van der Waals surface area contributed by atoms with Gasteiger partial charge in [0.15, 0.2) is 5.78 Å². The number of nitrogens with two attached hydrogens (primary N) is 1. The third-order valence-corrected chi connectivity index (χ3v) is 6.33. The van der Waals surface area contributed by atoms with Gasteiger partial charge in [0.25, 0.3) is 0 Å². The molecule has 0 saturated carbocycles. The number of carbonyl (C=O) groups excluding carboxylic acids is 2. The number of nitrogens with zero attached hydrogens (tertiary/aromatic N) is 1. The Balaban J connectivity index is 1.37. The van der Waals surface area contributed by atoms with Gasteiger partial charge in [-0.15, -0.1) is 0 Å². The number of piperidine rings is 1. The quantitative estimate of drug-likeness (QED) is 0.384. The molecule has 7 heteroatoms. The molecular weight excluding hydrogens is 429 g/mol. The molecular formula is C26H31F3N2O2. The second-order valence-electron chi connectivity index (χ2n) is 8.78. The molecule has 2 aromatic carbocycles. The topological polar surface area (TPSA) is 63.4 Å². The van der Waals surface area contributed by atoms with Gasteiger partial charge in [-0.05, 0) is 80.9 Å². The number of hydrogen-bond donors (Lipinski definition) is 1. The fourth-order valence-corrected chi connectivity index (χ4v) is 4.37. The number of rotatable bonds is 10. The molecule has 1 aliphatic heterocycles. The van der Waals surface area contributed by atoms with Crippen LogP contribution in [0.1, 0.15) is 71.5 Å². The van der Waals surface area contributed by atoms with E-state index in [-0.39, 0.29) is 11.7 Å². The number of carbonyl (C=O) groups is 2. The highest BCUT2D eigenvalue weighted by Crippen LogP contribution is 2.30. The minimum Gasteiger partial charge on any atom is -0.370 e. The van der Waals surface area contributed by atoms with Crippen molar-refractivity contribution < 1.29 is 22.8 Å². The van der Waals surface area contributed by atoms with Crippen LogP contribution in [-0.2, 0) is 17.4 Å². The van der Waals surface area contributed by atoms with Crippen LogP contribution in [-0.4, -0.2) is 36.2 Å². The summed E-state index contributed by atoms with van der Waals surface area (Å²) in [6, 6.07) is 12.9. The molecule has 178 valence electrons. The van der Waals surface area contributed by atoms with Crippen LogP contribution >= 0.6 is 0 Å². The fourth-order valence-electron chi connectivity index (χ4n) is 4.37. The monoisotopic (exact) mass is 460 g/mol. The van der Waals surface area contributed by atoms with Gasteiger partial charge in [-0.3, -0.25) is 9.59 Å². The second-order valence-corrected chi connectivity index (χ2v) is 8.78. The SMILES string of the molecule is NC(=O)CCc1cccc(C2CCN(CCCCC(=O)c3ccc(C(F)(F)F)cc3)CC2)c1. The molecule has 0 spiro atoms. The molecule has 2 aromatic rings. The Hall–Kier alpha value is -2.67. The molecule has 0 unspecified atom stereocenters. The molecule has 4 nitrogen and oxygen atoms in total. The second kappa shape index (κ2) is 11.5. The number of halogens is 3. The lowest BCUT2D eigenvalue weighted by Crippen LogP contribution is -2.33. The minimum atomic E-state index is -4.39. The van der Waals surface area contributed by atoms with Crippen LogP contribution < -0.4 is 5.73 Å². The van der Waals surface area contributed by atoms with Crippen molar-refractivity contribution in [3.63, 3.8) is 0 Å². The van der Waals surface area contributed by atoms with E-state index >= 15 is 0 Å². The third-order valence-electron chi connectivity index (χ3n) is 6.33. The van der Waals surface area contributed by atoms with Gasteiger partial charge >= 0.3 is 6.18 Å². The van der Waals surface area contributed by atoms with Crippen LogP contribution in [0.25, 0.3) is 0 Å². The molecule has 1 aliphatic rings. The summed E-state index contributed by atoms with van der Waals surface area (Å²) in [5.74, 6) is 0.115. The lowest BCUT2D eigenvalue weighted by molar-refractivity contribution is -0.137. The maximum Gasteiger partial charge on any atom is 0.416 e. The largest absolute Gasteiger partial charge is 0.416 e. The number of primary amides is 1. The molecule has 1 fully saturated rings. The Kier molecular flexibility index (Phi) is 8.67. The lowest BCUT2D eigenvalue weighted by Gasteiger charge is -2.32. The summed E-state index contributed by atoms with van der Waals surface area (Å²) in [7, 11) is 0. The summed E-state index contributed by atoms with van der Waals surface area (Å²) >= 11 is 0. The van der Waals surface area contributed by atoms with E-state index in [9.17, 15) is 22.8 Å². The Morgan fingerprint density at radius 3 is 2.30 bits per heavy atom. The number of benzene rings is 2. The number of aryl methyl sites for hydroxylation is 1.